The van der Waals surface area contributed by atoms with Crippen molar-refractivity contribution >= 4 is 11.5 Å². The first-order chi connectivity index (χ1) is 11.9. The summed E-state index contributed by atoms with van der Waals surface area (Å²) in [6.07, 6.45) is 3.06. The fourth-order valence-electron chi connectivity index (χ4n) is 3.35. The van der Waals surface area contributed by atoms with E-state index in [2.05, 4.69) is 22.2 Å². The molecule has 132 valence electrons. The number of aliphatic hydroxyl groups excluding tert-OH is 1. The molecule has 1 aromatic carbocycles. The minimum Gasteiger partial charge on any atom is -0.396 e. The summed E-state index contributed by atoms with van der Waals surface area (Å²) in [4.78, 5) is 19.4. The number of aryl methyl sites for hydroxylation is 1. The summed E-state index contributed by atoms with van der Waals surface area (Å²) < 4.78 is 0. The molecule has 0 radical (unpaired) electrons. The maximum Gasteiger partial charge on any atom is 0.269 e. The van der Waals surface area contributed by atoms with Crippen molar-refractivity contribution < 1.29 is 10.0 Å². The maximum absolute atomic E-state index is 10.8. The Kier molecular flexibility index (Phi) is 4.67. The second-order valence-electron chi connectivity index (χ2n) is 6.92. The van der Waals surface area contributed by atoms with Crippen LogP contribution in [0.3, 0.4) is 0 Å². The van der Waals surface area contributed by atoms with Crippen LogP contribution in [0.15, 0.2) is 30.3 Å². The van der Waals surface area contributed by atoms with Crippen LogP contribution >= 0.6 is 0 Å². The molecule has 1 aliphatic carbocycles. The zero-order chi connectivity index (χ0) is 18.0. The molecule has 0 unspecified atom stereocenters. The summed E-state index contributed by atoms with van der Waals surface area (Å²) in [5, 5.41) is 23.9. The predicted octanol–water partition coefficient (Wildman–Crippen LogP) is 3.32. The van der Waals surface area contributed by atoms with Crippen LogP contribution in [-0.4, -0.2) is 32.6 Å². The molecule has 1 fully saturated rings. The van der Waals surface area contributed by atoms with Crippen molar-refractivity contribution in [1.82, 2.24) is 9.97 Å². The molecular weight excluding hydrogens is 320 g/mol. The van der Waals surface area contributed by atoms with Crippen LogP contribution in [0, 0.1) is 22.5 Å². The molecule has 25 heavy (non-hydrogen) atoms. The molecule has 1 aromatic heterocycles. The highest BCUT2D eigenvalue weighted by Gasteiger charge is 2.38. The van der Waals surface area contributed by atoms with Gasteiger partial charge in [-0.2, -0.15) is 0 Å². The van der Waals surface area contributed by atoms with Crippen LogP contribution in [0.2, 0.25) is 0 Å². The van der Waals surface area contributed by atoms with Crippen LogP contribution < -0.4 is 5.32 Å². The summed E-state index contributed by atoms with van der Waals surface area (Å²) in [6, 6.07) is 8.26. The highest BCUT2D eigenvalue weighted by molar-refractivity contribution is 5.59. The number of nitrogens with one attached hydrogen (secondary N) is 1. The Balaban J connectivity index is 1.87. The number of benzene rings is 1. The van der Waals surface area contributed by atoms with Gasteiger partial charge in [-0.05, 0) is 31.9 Å². The van der Waals surface area contributed by atoms with Crippen LogP contribution in [0.1, 0.15) is 31.9 Å². The van der Waals surface area contributed by atoms with E-state index >= 15 is 0 Å². The third kappa shape index (κ3) is 3.61. The topological polar surface area (TPSA) is 101 Å². The van der Waals surface area contributed by atoms with Gasteiger partial charge in [0.2, 0.25) is 0 Å². The number of nitro benzene ring substituents is 1. The predicted molar refractivity (Wildman–Crippen MR) is 95.3 cm³/mol. The number of nitrogens with zero attached hydrogens (tertiary/aromatic N) is 3. The first kappa shape index (κ1) is 17.3. The van der Waals surface area contributed by atoms with Gasteiger partial charge in [0.1, 0.15) is 5.82 Å². The number of aromatic nitrogens is 2. The van der Waals surface area contributed by atoms with Gasteiger partial charge in [0.25, 0.3) is 5.69 Å². The van der Waals surface area contributed by atoms with Crippen LogP contribution in [0.4, 0.5) is 11.5 Å². The summed E-state index contributed by atoms with van der Waals surface area (Å²) in [5.41, 5.74) is 1.44. The molecule has 0 bridgehead atoms. The lowest BCUT2D eigenvalue weighted by Crippen LogP contribution is -2.36. The number of hydrogen-bond donors (Lipinski definition) is 2. The minimum absolute atomic E-state index is 0.0411. The lowest BCUT2D eigenvalue weighted by molar-refractivity contribution is -0.384. The number of non-ortho nitro benzene ring substituents is 1. The first-order valence-corrected chi connectivity index (χ1v) is 8.39. The quantitative estimate of drug-likeness (QED) is 0.638. The van der Waals surface area contributed by atoms with Gasteiger partial charge >= 0.3 is 0 Å². The van der Waals surface area contributed by atoms with Gasteiger partial charge in [0, 0.05) is 40.9 Å². The zero-order valence-electron chi connectivity index (χ0n) is 14.4. The third-order valence-corrected chi connectivity index (χ3v) is 4.96. The number of nitro groups is 1. The summed E-state index contributed by atoms with van der Waals surface area (Å²) >= 11 is 0. The number of anilines is 1. The lowest BCUT2D eigenvalue weighted by atomic mass is 9.86. The minimum atomic E-state index is -0.427. The Labute approximate surface area is 146 Å². The van der Waals surface area contributed by atoms with Gasteiger partial charge < -0.3 is 10.4 Å². The van der Waals surface area contributed by atoms with Crippen LogP contribution in [-0.2, 0) is 0 Å². The van der Waals surface area contributed by atoms with E-state index in [1.54, 1.807) is 12.1 Å². The summed E-state index contributed by atoms with van der Waals surface area (Å²) in [5.74, 6) is 1.24. The SMILES string of the molecule is Cc1cc(N[C@@H]2CCC[C@]2(C)CO)nc(-c2ccc([N+](=O)[O-])cc2)n1. The normalized spacial score (nSPS) is 22.8. The molecule has 1 heterocycles. The molecule has 0 spiro atoms. The summed E-state index contributed by atoms with van der Waals surface area (Å²) in [6.45, 7) is 4.12. The molecule has 0 saturated heterocycles. The Morgan fingerprint density at radius 3 is 2.72 bits per heavy atom. The summed E-state index contributed by atoms with van der Waals surface area (Å²) in [7, 11) is 0. The van der Waals surface area contributed by atoms with Crippen molar-refractivity contribution in [3.63, 3.8) is 0 Å². The maximum atomic E-state index is 10.8. The molecule has 2 N–H and O–H groups in total. The molecule has 0 amide bonds. The van der Waals surface area contributed by atoms with Crippen molar-refractivity contribution in [3.8, 4) is 11.4 Å². The molecule has 1 saturated carbocycles. The molecule has 7 nitrogen and oxygen atoms in total. The van der Waals surface area contributed by atoms with Crippen LogP contribution in [0.5, 0.6) is 0 Å². The largest absolute Gasteiger partial charge is 0.396 e. The van der Waals surface area contributed by atoms with Crippen molar-refractivity contribution in [1.29, 1.82) is 0 Å². The van der Waals surface area contributed by atoms with Gasteiger partial charge in [0.05, 0.1) is 11.5 Å². The molecule has 2 atom stereocenters. The second kappa shape index (κ2) is 6.76. The Hall–Kier alpha value is -2.54. The van der Waals surface area contributed by atoms with E-state index in [0.717, 1.165) is 30.5 Å². The molecule has 1 aliphatic rings. The second-order valence-corrected chi connectivity index (χ2v) is 6.92. The number of hydrogen-bond acceptors (Lipinski definition) is 6. The van der Waals surface area contributed by atoms with E-state index in [0.29, 0.717) is 11.6 Å². The first-order valence-electron chi connectivity index (χ1n) is 8.39. The van der Waals surface area contributed by atoms with E-state index in [-0.39, 0.29) is 23.8 Å². The van der Waals surface area contributed by atoms with E-state index in [4.69, 9.17) is 0 Å². The molecule has 2 aromatic rings. The smallest absolute Gasteiger partial charge is 0.269 e. The van der Waals surface area contributed by atoms with E-state index in [9.17, 15) is 15.2 Å². The molecular formula is C18H22N4O3. The average molecular weight is 342 g/mol. The lowest BCUT2D eigenvalue weighted by Gasteiger charge is -2.30. The van der Waals surface area contributed by atoms with E-state index < -0.39 is 4.92 Å². The van der Waals surface area contributed by atoms with Crippen molar-refractivity contribution in [2.24, 2.45) is 5.41 Å². The van der Waals surface area contributed by atoms with E-state index in [1.807, 2.05) is 13.0 Å². The zero-order valence-corrected chi connectivity index (χ0v) is 14.4. The van der Waals surface area contributed by atoms with Gasteiger partial charge in [0.15, 0.2) is 5.82 Å². The van der Waals surface area contributed by atoms with Gasteiger partial charge in [-0.3, -0.25) is 10.1 Å². The fourth-order valence-corrected chi connectivity index (χ4v) is 3.35. The van der Waals surface area contributed by atoms with Crippen molar-refractivity contribution in [3.05, 3.63) is 46.1 Å². The Bertz CT molecular complexity index is 778. The fraction of sp³-hybridized carbons (Fsp3) is 0.444. The number of rotatable bonds is 5. The van der Waals surface area contributed by atoms with E-state index in [1.165, 1.54) is 12.1 Å². The molecule has 3 rings (SSSR count). The van der Waals surface area contributed by atoms with Gasteiger partial charge in [-0.15, -0.1) is 0 Å². The highest BCUT2D eigenvalue weighted by Crippen LogP contribution is 2.39. The Morgan fingerprint density at radius 1 is 1.36 bits per heavy atom. The average Bonchev–Trinajstić information content (AvgIpc) is 2.96. The molecule has 0 aliphatic heterocycles. The standard InChI is InChI=1S/C18H22N4O3/c1-12-10-16(20-15-4-3-9-18(15,2)11-23)21-17(19-12)13-5-7-14(8-6-13)22(24)25/h5-8,10,15,23H,3-4,9,11H2,1-2H3,(H,19,20,21)/t15-,18-/m1/s1. The number of aliphatic hydroxyl groups is 1. The molecule has 7 heteroatoms. The monoisotopic (exact) mass is 342 g/mol. The van der Waals surface area contributed by atoms with Crippen LogP contribution in [0.25, 0.3) is 11.4 Å². The van der Waals surface area contributed by atoms with Crippen molar-refractivity contribution in [2.75, 3.05) is 11.9 Å². The third-order valence-electron chi connectivity index (χ3n) is 4.96. The highest BCUT2D eigenvalue weighted by atomic mass is 16.6. The Morgan fingerprint density at radius 2 is 2.08 bits per heavy atom. The van der Waals surface area contributed by atoms with Gasteiger partial charge in [-0.25, -0.2) is 9.97 Å². The van der Waals surface area contributed by atoms with Crippen molar-refractivity contribution in [2.45, 2.75) is 39.2 Å². The van der Waals surface area contributed by atoms with Gasteiger partial charge in [-0.1, -0.05) is 13.3 Å².